The largest absolute Gasteiger partial charge is 0.497 e. The molecule has 2 rings (SSSR count). The molecule has 0 saturated heterocycles. The summed E-state index contributed by atoms with van der Waals surface area (Å²) >= 11 is 0. The van der Waals surface area contributed by atoms with E-state index in [-0.39, 0.29) is 6.04 Å². The molecule has 0 radical (unpaired) electrons. The minimum Gasteiger partial charge on any atom is -0.497 e. The molecule has 4 heteroatoms. The minimum absolute atomic E-state index is 0.0961. The number of para-hydroxylation sites is 1. The maximum Gasteiger partial charge on any atom is 0.419 e. The first-order valence-electron chi connectivity index (χ1n) is 5.70. The molecule has 1 unspecified atom stereocenters. The zero-order valence-corrected chi connectivity index (χ0v) is 10.4. The van der Waals surface area contributed by atoms with Gasteiger partial charge < -0.3 is 9.47 Å². The molecular weight excluding hydrogens is 230 g/mol. The van der Waals surface area contributed by atoms with E-state index in [1.54, 1.807) is 31.5 Å². The first kappa shape index (κ1) is 12.2. The molecule has 1 atom stereocenters. The van der Waals surface area contributed by atoms with Gasteiger partial charge in [0.1, 0.15) is 11.5 Å². The van der Waals surface area contributed by atoms with Crippen LogP contribution in [-0.4, -0.2) is 24.1 Å². The summed E-state index contributed by atoms with van der Waals surface area (Å²) in [5.41, 5.74) is 0. The van der Waals surface area contributed by atoms with Crippen LogP contribution in [0.15, 0.2) is 54.4 Å². The van der Waals surface area contributed by atoms with E-state index in [1.807, 2.05) is 31.2 Å². The van der Waals surface area contributed by atoms with E-state index in [1.165, 1.54) is 4.90 Å². The van der Waals surface area contributed by atoms with Crippen molar-refractivity contribution < 1.29 is 14.3 Å². The zero-order chi connectivity index (χ0) is 13.0. The molecule has 0 spiro atoms. The fraction of sp³-hybridized carbons (Fsp3) is 0.214. The molecule has 4 nitrogen and oxygen atoms in total. The summed E-state index contributed by atoms with van der Waals surface area (Å²) in [6.07, 6.45) is 4.84. The summed E-state index contributed by atoms with van der Waals surface area (Å²) in [5, 5.41) is 0. The van der Waals surface area contributed by atoms with Gasteiger partial charge in [0.15, 0.2) is 0 Å². The van der Waals surface area contributed by atoms with Crippen molar-refractivity contribution in [3.05, 3.63) is 54.4 Å². The molecule has 0 N–H and O–H groups in total. The van der Waals surface area contributed by atoms with Crippen LogP contribution in [0.5, 0.6) is 5.75 Å². The molecule has 1 aromatic rings. The highest BCUT2D eigenvalue weighted by atomic mass is 16.6. The van der Waals surface area contributed by atoms with Crippen LogP contribution < -0.4 is 4.74 Å². The molecule has 1 aliphatic rings. The van der Waals surface area contributed by atoms with E-state index < -0.39 is 6.09 Å². The zero-order valence-electron chi connectivity index (χ0n) is 10.4. The highest BCUT2D eigenvalue weighted by Gasteiger charge is 2.21. The lowest BCUT2D eigenvalue weighted by atomic mass is 10.2. The Morgan fingerprint density at radius 3 is 2.61 bits per heavy atom. The van der Waals surface area contributed by atoms with Crippen LogP contribution >= 0.6 is 0 Å². The van der Waals surface area contributed by atoms with Crippen molar-refractivity contribution in [2.45, 2.75) is 13.0 Å². The number of ether oxygens (including phenoxy) is 2. The second-order valence-electron chi connectivity index (χ2n) is 3.92. The molecule has 1 aromatic carbocycles. The minimum atomic E-state index is -0.406. The van der Waals surface area contributed by atoms with Crippen molar-refractivity contribution in [2.24, 2.45) is 0 Å². The predicted molar refractivity (Wildman–Crippen MR) is 68.0 cm³/mol. The molecule has 0 saturated carbocycles. The van der Waals surface area contributed by atoms with Crippen molar-refractivity contribution in [1.29, 1.82) is 0 Å². The number of amides is 1. The summed E-state index contributed by atoms with van der Waals surface area (Å²) in [7, 11) is 1.60. The average Bonchev–Trinajstić information content (AvgIpc) is 2.39. The Labute approximate surface area is 106 Å². The molecule has 0 fully saturated rings. The summed E-state index contributed by atoms with van der Waals surface area (Å²) in [6, 6.07) is 8.90. The van der Waals surface area contributed by atoms with Crippen LogP contribution in [0.25, 0.3) is 0 Å². The monoisotopic (exact) mass is 245 g/mol. The molecule has 1 heterocycles. The Bertz CT molecular complexity index is 479. The van der Waals surface area contributed by atoms with Crippen LogP contribution in [0.3, 0.4) is 0 Å². The van der Waals surface area contributed by atoms with Gasteiger partial charge in [0.2, 0.25) is 0 Å². The van der Waals surface area contributed by atoms with Crippen LogP contribution in [0, 0.1) is 0 Å². The molecule has 94 valence electrons. The fourth-order valence-electron chi connectivity index (χ4n) is 1.67. The van der Waals surface area contributed by atoms with Crippen molar-refractivity contribution in [3.8, 4) is 5.75 Å². The number of carbonyl (C=O) groups excluding carboxylic acids is 1. The van der Waals surface area contributed by atoms with Gasteiger partial charge in [0.25, 0.3) is 0 Å². The topological polar surface area (TPSA) is 38.8 Å². The number of nitrogens with zero attached hydrogens (tertiary/aromatic N) is 1. The highest BCUT2D eigenvalue weighted by molar-refractivity contribution is 5.73. The molecular formula is C14H15NO3. The van der Waals surface area contributed by atoms with E-state index in [2.05, 4.69) is 0 Å². The summed E-state index contributed by atoms with van der Waals surface area (Å²) in [6.45, 7) is 1.90. The summed E-state index contributed by atoms with van der Waals surface area (Å²) < 4.78 is 10.4. The lowest BCUT2D eigenvalue weighted by Crippen LogP contribution is -2.36. The smallest absolute Gasteiger partial charge is 0.419 e. The third-order valence-electron chi connectivity index (χ3n) is 2.64. The quantitative estimate of drug-likeness (QED) is 0.804. The highest BCUT2D eigenvalue weighted by Crippen LogP contribution is 2.17. The number of rotatable bonds is 2. The Balaban J connectivity index is 2.03. The first-order chi connectivity index (χ1) is 8.70. The summed E-state index contributed by atoms with van der Waals surface area (Å²) in [4.78, 5) is 13.5. The van der Waals surface area contributed by atoms with Gasteiger partial charge >= 0.3 is 6.09 Å². The second-order valence-corrected chi connectivity index (χ2v) is 3.92. The van der Waals surface area contributed by atoms with Crippen molar-refractivity contribution in [2.75, 3.05) is 7.11 Å². The van der Waals surface area contributed by atoms with Crippen LogP contribution in [0.4, 0.5) is 4.79 Å². The standard InChI is InChI=1S/C14H15NO3/c1-11-10-13(17-2)8-9-15(11)14(16)18-12-6-4-3-5-7-12/h3-11H,1-2H3. The second kappa shape index (κ2) is 5.40. The van der Waals surface area contributed by atoms with Gasteiger partial charge in [-0.15, -0.1) is 0 Å². The van der Waals surface area contributed by atoms with Gasteiger partial charge in [-0.25, -0.2) is 4.79 Å². The molecule has 0 bridgehead atoms. The van der Waals surface area contributed by atoms with Gasteiger partial charge in [0.05, 0.1) is 13.2 Å². The molecule has 1 amide bonds. The lowest BCUT2D eigenvalue weighted by molar-refractivity contribution is 0.161. The van der Waals surface area contributed by atoms with Crippen molar-refractivity contribution >= 4 is 6.09 Å². The average molecular weight is 245 g/mol. The van der Waals surface area contributed by atoms with E-state index in [0.717, 1.165) is 5.76 Å². The van der Waals surface area contributed by atoms with E-state index >= 15 is 0 Å². The summed E-state index contributed by atoms with van der Waals surface area (Å²) in [5.74, 6) is 1.27. The van der Waals surface area contributed by atoms with E-state index in [9.17, 15) is 4.79 Å². The van der Waals surface area contributed by atoms with Crippen LogP contribution in [-0.2, 0) is 4.74 Å². The van der Waals surface area contributed by atoms with E-state index in [0.29, 0.717) is 5.75 Å². The van der Waals surface area contributed by atoms with Crippen molar-refractivity contribution in [1.82, 2.24) is 4.90 Å². The Morgan fingerprint density at radius 1 is 1.28 bits per heavy atom. The van der Waals surface area contributed by atoms with Crippen molar-refractivity contribution in [3.63, 3.8) is 0 Å². The van der Waals surface area contributed by atoms with Gasteiger partial charge in [-0.1, -0.05) is 18.2 Å². The van der Waals surface area contributed by atoms with Crippen LogP contribution in [0.2, 0.25) is 0 Å². The van der Waals surface area contributed by atoms with Gasteiger partial charge in [-0.3, -0.25) is 4.90 Å². The number of benzene rings is 1. The first-order valence-corrected chi connectivity index (χ1v) is 5.70. The van der Waals surface area contributed by atoms with Gasteiger partial charge in [0, 0.05) is 6.20 Å². The Kier molecular flexibility index (Phi) is 3.67. The number of hydrogen-bond acceptors (Lipinski definition) is 3. The van der Waals surface area contributed by atoms with Crippen LogP contribution in [0.1, 0.15) is 6.92 Å². The molecule has 0 aliphatic carbocycles. The Morgan fingerprint density at radius 2 is 2.00 bits per heavy atom. The maximum absolute atomic E-state index is 12.0. The molecule has 0 aromatic heterocycles. The fourth-order valence-corrected chi connectivity index (χ4v) is 1.67. The predicted octanol–water partition coefficient (Wildman–Crippen LogP) is 2.93. The third kappa shape index (κ3) is 2.71. The number of methoxy groups -OCH3 is 1. The third-order valence-corrected chi connectivity index (χ3v) is 2.64. The molecule has 1 aliphatic heterocycles. The SMILES string of the molecule is COC1=CC(C)N(C(=O)Oc2ccccc2)C=C1. The maximum atomic E-state index is 12.0. The molecule has 18 heavy (non-hydrogen) atoms. The van der Waals surface area contributed by atoms with E-state index in [4.69, 9.17) is 9.47 Å². The van der Waals surface area contributed by atoms with Gasteiger partial charge in [-0.05, 0) is 31.2 Å². The number of allylic oxidation sites excluding steroid dienone is 1. The van der Waals surface area contributed by atoms with Gasteiger partial charge in [-0.2, -0.15) is 0 Å². The number of carbonyl (C=O) groups is 1. The lowest BCUT2D eigenvalue weighted by Gasteiger charge is -2.25. The number of hydrogen-bond donors (Lipinski definition) is 0. The normalized spacial score (nSPS) is 18.2. The Hall–Kier alpha value is -2.23.